The van der Waals surface area contributed by atoms with E-state index in [1.165, 1.54) is 6.42 Å². The van der Waals surface area contributed by atoms with Crippen LogP contribution < -0.4 is 5.73 Å². The molecule has 2 N–H and O–H groups in total. The first-order valence-corrected chi connectivity index (χ1v) is 6.48. The summed E-state index contributed by atoms with van der Waals surface area (Å²) in [7, 11) is 2.06. The van der Waals surface area contributed by atoms with E-state index in [4.69, 9.17) is 5.73 Å². The SMILES string of the molecule is CN1CCCCC1N(Cc1ccccc1)C(N)=O. The third-order valence-electron chi connectivity index (χ3n) is 3.57. The Bertz CT molecular complexity index is 393. The number of primary amides is 1. The Morgan fingerprint density at radius 2 is 2.11 bits per heavy atom. The van der Waals surface area contributed by atoms with E-state index in [9.17, 15) is 4.79 Å². The molecule has 2 amide bonds. The van der Waals surface area contributed by atoms with Gasteiger partial charge in [0, 0.05) is 6.54 Å². The largest absolute Gasteiger partial charge is 0.351 e. The molecule has 0 radical (unpaired) electrons. The van der Waals surface area contributed by atoms with Gasteiger partial charge in [-0.15, -0.1) is 0 Å². The number of hydrogen-bond donors (Lipinski definition) is 1. The number of urea groups is 1. The molecule has 1 saturated heterocycles. The van der Waals surface area contributed by atoms with Crippen molar-refractivity contribution >= 4 is 6.03 Å². The van der Waals surface area contributed by atoms with E-state index in [1.807, 2.05) is 30.3 Å². The highest BCUT2D eigenvalue weighted by atomic mass is 16.2. The summed E-state index contributed by atoms with van der Waals surface area (Å²) >= 11 is 0. The van der Waals surface area contributed by atoms with Crippen molar-refractivity contribution < 1.29 is 4.79 Å². The van der Waals surface area contributed by atoms with Crippen molar-refractivity contribution in [1.29, 1.82) is 0 Å². The fourth-order valence-electron chi connectivity index (χ4n) is 2.56. The van der Waals surface area contributed by atoms with Crippen LogP contribution in [0, 0.1) is 0 Å². The van der Waals surface area contributed by atoms with Crippen LogP contribution in [0.3, 0.4) is 0 Å². The Morgan fingerprint density at radius 3 is 2.72 bits per heavy atom. The average molecular weight is 247 g/mol. The second-order valence-electron chi connectivity index (χ2n) is 4.91. The van der Waals surface area contributed by atoms with Crippen molar-refractivity contribution in [2.45, 2.75) is 32.0 Å². The minimum Gasteiger partial charge on any atom is -0.351 e. The van der Waals surface area contributed by atoms with E-state index >= 15 is 0 Å². The molecule has 18 heavy (non-hydrogen) atoms. The summed E-state index contributed by atoms with van der Waals surface area (Å²) in [4.78, 5) is 15.7. The second-order valence-corrected chi connectivity index (χ2v) is 4.91. The third kappa shape index (κ3) is 3.01. The van der Waals surface area contributed by atoms with Gasteiger partial charge >= 0.3 is 6.03 Å². The maximum atomic E-state index is 11.7. The molecule has 4 heteroatoms. The smallest absolute Gasteiger partial charge is 0.316 e. The van der Waals surface area contributed by atoms with E-state index < -0.39 is 0 Å². The van der Waals surface area contributed by atoms with Crippen LogP contribution >= 0.6 is 0 Å². The van der Waals surface area contributed by atoms with E-state index in [1.54, 1.807) is 4.90 Å². The fraction of sp³-hybridized carbons (Fsp3) is 0.500. The van der Waals surface area contributed by atoms with Gasteiger partial charge in [0.25, 0.3) is 0 Å². The van der Waals surface area contributed by atoms with Crippen molar-refractivity contribution in [2.24, 2.45) is 5.73 Å². The van der Waals surface area contributed by atoms with Gasteiger partial charge in [-0.25, -0.2) is 4.79 Å². The lowest BCUT2D eigenvalue weighted by atomic mass is 10.1. The quantitative estimate of drug-likeness (QED) is 0.888. The molecule has 0 spiro atoms. The lowest BCUT2D eigenvalue weighted by Gasteiger charge is -2.40. The third-order valence-corrected chi connectivity index (χ3v) is 3.57. The predicted octanol–water partition coefficient (Wildman–Crippen LogP) is 2.01. The van der Waals surface area contributed by atoms with Crippen LogP contribution in [0.15, 0.2) is 30.3 Å². The van der Waals surface area contributed by atoms with Crippen molar-refractivity contribution in [1.82, 2.24) is 9.80 Å². The molecule has 1 aliphatic rings. The zero-order chi connectivity index (χ0) is 13.0. The topological polar surface area (TPSA) is 49.6 Å². The number of benzene rings is 1. The first-order valence-electron chi connectivity index (χ1n) is 6.48. The van der Waals surface area contributed by atoms with Gasteiger partial charge in [-0.1, -0.05) is 30.3 Å². The number of likely N-dealkylation sites (tertiary alicyclic amines) is 1. The van der Waals surface area contributed by atoms with Crippen LogP contribution in [0.2, 0.25) is 0 Å². The Kier molecular flexibility index (Phi) is 4.20. The standard InChI is InChI=1S/C14H21N3O/c1-16-10-6-5-9-13(16)17(14(15)18)11-12-7-3-2-4-8-12/h2-4,7-8,13H,5-6,9-11H2,1H3,(H2,15,18). The summed E-state index contributed by atoms with van der Waals surface area (Å²) in [5.41, 5.74) is 6.66. The van der Waals surface area contributed by atoms with Gasteiger partial charge in [0.1, 0.15) is 0 Å². The number of nitrogens with zero attached hydrogens (tertiary/aromatic N) is 2. The molecular weight excluding hydrogens is 226 g/mol. The van der Waals surface area contributed by atoms with Gasteiger partial charge in [-0.2, -0.15) is 0 Å². The monoisotopic (exact) mass is 247 g/mol. The Hall–Kier alpha value is -1.55. The summed E-state index contributed by atoms with van der Waals surface area (Å²) in [6.45, 7) is 1.62. The van der Waals surface area contributed by atoms with Crippen molar-refractivity contribution in [2.75, 3.05) is 13.6 Å². The molecule has 0 saturated carbocycles. The van der Waals surface area contributed by atoms with Crippen LogP contribution in [-0.2, 0) is 6.54 Å². The molecule has 98 valence electrons. The predicted molar refractivity (Wildman–Crippen MR) is 71.8 cm³/mol. The molecule has 1 unspecified atom stereocenters. The van der Waals surface area contributed by atoms with Crippen LogP contribution in [0.5, 0.6) is 0 Å². The molecule has 1 aromatic carbocycles. The number of carbonyl (C=O) groups is 1. The molecular formula is C14H21N3O. The van der Waals surface area contributed by atoms with Gasteiger partial charge < -0.3 is 10.6 Å². The van der Waals surface area contributed by atoms with Crippen LogP contribution in [0.4, 0.5) is 4.79 Å². The first kappa shape index (κ1) is 12.9. The summed E-state index contributed by atoms with van der Waals surface area (Å²) < 4.78 is 0. The number of carbonyl (C=O) groups excluding carboxylic acids is 1. The molecule has 1 fully saturated rings. The van der Waals surface area contributed by atoms with Crippen molar-refractivity contribution in [3.05, 3.63) is 35.9 Å². The molecule has 1 aromatic rings. The Morgan fingerprint density at radius 1 is 1.39 bits per heavy atom. The summed E-state index contributed by atoms with van der Waals surface area (Å²) in [5.74, 6) is 0. The molecule has 1 heterocycles. The molecule has 0 aromatic heterocycles. The molecule has 1 aliphatic heterocycles. The molecule has 0 aliphatic carbocycles. The zero-order valence-electron chi connectivity index (χ0n) is 10.9. The van der Waals surface area contributed by atoms with Gasteiger partial charge in [-0.3, -0.25) is 4.90 Å². The fourth-order valence-corrected chi connectivity index (χ4v) is 2.56. The van der Waals surface area contributed by atoms with Gasteiger partial charge in [0.2, 0.25) is 0 Å². The summed E-state index contributed by atoms with van der Waals surface area (Å²) in [6.07, 6.45) is 3.50. The van der Waals surface area contributed by atoms with Crippen LogP contribution in [-0.4, -0.2) is 35.6 Å². The Balaban J connectivity index is 2.10. The van der Waals surface area contributed by atoms with Crippen LogP contribution in [0.1, 0.15) is 24.8 Å². The molecule has 1 atom stereocenters. The number of piperidine rings is 1. The molecule has 2 rings (SSSR count). The number of rotatable bonds is 3. The maximum Gasteiger partial charge on any atom is 0.316 e. The summed E-state index contributed by atoms with van der Waals surface area (Å²) in [6, 6.07) is 9.66. The second kappa shape index (κ2) is 5.87. The van der Waals surface area contributed by atoms with E-state index in [0.717, 1.165) is 24.9 Å². The normalized spacial score (nSPS) is 20.6. The van der Waals surface area contributed by atoms with Crippen molar-refractivity contribution in [3.8, 4) is 0 Å². The zero-order valence-corrected chi connectivity index (χ0v) is 10.9. The highest BCUT2D eigenvalue weighted by Crippen LogP contribution is 2.20. The summed E-state index contributed by atoms with van der Waals surface area (Å²) in [5, 5.41) is 0. The lowest BCUT2D eigenvalue weighted by molar-refractivity contribution is 0.0541. The highest BCUT2D eigenvalue weighted by Gasteiger charge is 2.27. The minimum atomic E-state index is -0.336. The minimum absolute atomic E-state index is 0.136. The van der Waals surface area contributed by atoms with Crippen LogP contribution in [0.25, 0.3) is 0 Å². The highest BCUT2D eigenvalue weighted by molar-refractivity contribution is 5.72. The van der Waals surface area contributed by atoms with Gasteiger partial charge in [0.05, 0.1) is 6.17 Å². The first-order chi connectivity index (χ1) is 8.68. The van der Waals surface area contributed by atoms with E-state index in [2.05, 4.69) is 11.9 Å². The van der Waals surface area contributed by atoms with Gasteiger partial charge in [-0.05, 0) is 38.4 Å². The van der Waals surface area contributed by atoms with Crippen molar-refractivity contribution in [3.63, 3.8) is 0 Å². The number of nitrogens with two attached hydrogens (primary N) is 1. The number of hydrogen-bond acceptors (Lipinski definition) is 2. The Labute approximate surface area is 108 Å². The molecule has 0 bridgehead atoms. The molecule has 4 nitrogen and oxygen atoms in total. The lowest BCUT2D eigenvalue weighted by Crippen LogP contribution is -2.52. The van der Waals surface area contributed by atoms with E-state index in [-0.39, 0.29) is 12.2 Å². The van der Waals surface area contributed by atoms with E-state index in [0.29, 0.717) is 6.54 Å². The number of amides is 2. The van der Waals surface area contributed by atoms with Gasteiger partial charge in [0.15, 0.2) is 0 Å². The maximum absolute atomic E-state index is 11.7. The average Bonchev–Trinajstić information content (AvgIpc) is 2.38.